The lowest BCUT2D eigenvalue weighted by molar-refractivity contribution is 1.07. The Kier molecular flexibility index (Phi) is 2.33. The van der Waals surface area contributed by atoms with Gasteiger partial charge in [0.2, 0.25) is 0 Å². The third-order valence-electron chi connectivity index (χ3n) is 1.34. The van der Waals surface area contributed by atoms with Crippen LogP contribution in [0.25, 0.3) is 0 Å². The molecule has 0 radical (unpaired) electrons. The van der Waals surface area contributed by atoms with Gasteiger partial charge in [-0.05, 0) is 0 Å². The molecule has 0 saturated carbocycles. The number of thiazole rings is 2. The maximum Gasteiger partial charge on any atom is 0.182 e. The third-order valence-corrected chi connectivity index (χ3v) is 2.70. The van der Waals surface area contributed by atoms with Gasteiger partial charge >= 0.3 is 0 Å². The molecule has 5 heteroatoms. The van der Waals surface area contributed by atoms with E-state index in [4.69, 9.17) is 0 Å². The van der Waals surface area contributed by atoms with Crippen LogP contribution >= 0.6 is 22.7 Å². The Morgan fingerprint density at radius 3 is 3.08 bits per heavy atom. The van der Waals surface area contributed by atoms with Gasteiger partial charge in [0.05, 0.1) is 17.7 Å². The molecule has 62 valence electrons. The van der Waals surface area contributed by atoms with Gasteiger partial charge in [0.25, 0.3) is 0 Å². The molecule has 3 nitrogen and oxygen atoms in total. The lowest BCUT2D eigenvalue weighted by Crippen LogP contribution is -1.98. The fourth-order valence-corrected chi connectivity index (χ4v) is 1.89. The van der Waals surface area contributed by atoms with E-state index in [1.165, 1.54) is 0 Å². The number of rotatable bonds is 3. The lowest BCUT2D eigenvalue weighted by atomic mass is 10.5. The van der Waals surface area contributed by atoms with E-state index in [1.807, 2.05) is 16.3 Å². The van der Waals surface area contributed by atoms with Crippen molar-refractivity contribution in [2.45, 2.75) is 6.54 Å². The molecular formula is C7H7N3S2. The van der Waals surface area contributed by atoms with Crippen LogP contribution in [0.1, 0.15) is 5.69 Å². The van der Waals surface area contributed by atoms with Gasteiger partial charge in [0.15, 0.2) is 5.13 Å². The van der Waals surface area contributed by atoms with E-state index in [2.05, 4.69) is 15.3 Å². The minimum atomic E-state index is 0.761. The van der Waals surface area contributed by atoms with Crippen molar-refractivity contribution < 1.29 is 0 Å². The van der Waals surface area contributed by atoms with E-state index in [9.17, 15) is 0 Å². The van der Waals surface area contributed by atoms with Crippen molar-refractivity contribution in [3.63, 3.8) is 0 Å². The topological polar surface area (TPSA) is 37.8 Å². The van der Waals surface area contributed by atoms with Crippen molar-refractivity contribution in [2.75, 3.05) is 5.32 Å². The van der Waals surface area contributed by atoms with Crippen LogP contribution in [0.3, 0.4) is 0 Å². The Morgan fingerprint density at radius 1 is 1.42 bits per heavy atom. The summed E-state index contributed by atoms with van der Waals surface area (Å²) in [5.41, 5.74) is 2.90. The molecule has 0 amide bonds. The molecule has 0 aliphatic rings. The van der Waals surface area contributed by atoms with Crippen LogP contribution in [0, 0.1) is 0 Å². The first kappa shape index (κ1) is 7.70. The molecule has 0 atom stereocenters. The van der Waals surface area contributed by atoms with Crippen molar-refractivity contribution >= 4 is 27.8 Å². The van der Waals surface area contributed by atoms with E-state index >= 15 is 0 Å². The molecule has 0 aliphatic heterocycles. The summed E-state index contributed by atoms with van der Waals surface area (Å²) < 4.78 is 0. The monoisotopic (exact) mass is 197 g/mol. The van der Waals surface area contributed by atoms with Gasteiger partial charge in [0, 0.05) is 17.0 Å². The smallest absolute Gasteiger partial charge is 0.182 e. The van der Waals surface area contributed by atoms with Crippen LogP contribution in [0.4, 0.5) is 5.13 Å². The summed E-state index contributed by atoms with van der Waals surface area (Å²) in [5.74, 6) is 0. The maximum absolute atomic E-state index is 4.15. The third kappa shape index (κ3) is 1.80. The van der Waals surface area contributed by atoms with Crippen molar-refractivity contribution in [1.82, 2.24) is 9.97 Å². The number of nitrogens with one attached hydrogen (secondary N) is 1. The van der Waals surface area contributed by atoms with Crippen LogP contribution in [0.5, 0.6) is 0 Å². The van der Waals surface area contributed by atoms with Crippen LogP contribution < -0.4 is 5.32 Å². The van der Waals surface area contributed by atoms with Gasteiger partial charge < -0.3 is 5.32 Å². The predicted octanol–water partition coefficient (Wildman–Crippen LogP) is 2.21. The second-order valence-electron chi connectivity index (χ2n) is 2.17. The van der Waals surface area contributed by atoms with E-state index in [0.717, 1.165) is 17.4 Å². The fraction of sp³-hybridized carbons (Fsp3) is 0.143. The molecule has 12 heavy (non-hydrogen) atoms. The molecule has 2 aromatic heterocycles. The van der Waals surface area contributed by atoms with Crippen molar-refractivity contribution in [3.05, 3.63) is 28.2 Å². The number of hydrogen-bond acceptors (Lipinski definition) is 5. The standard InChI is InChI=1S/C7H7N3S2/c1-2-12-7(8-1)9-3-6-4-11-5-10-6/h1-2,4-5H,3H2,(H,8,9). The second-order valence-corrected chi connectivity index (χ2v) is 3.78. The van der Waals surface area contributed by atoms with Gasteiger partial charge in [0.1, 0.15) is 0 Å². The van der Waals surface area contributed by atoms with E-state index < -0.39 is 0 Å². The van der Waals surface area contributed by atoms with Gasteiger partial charge in [-0.25, -0.2) is 9.97 Å². The highest BCUT2D eigenvalue weighted by molar-refractivity contribution is 7.13. The first-order valence-electron chi connectivity index (χ1n) is 3.45. The molecule has 0 unspecified atom stereocenters. The zero-order valence-corrected chi connectivity index (χ0v) is 7.86. The van der Waals surface area contributed by atoms with Gasteiger partial charge in [-0.3, -0.25) is 0 Å². The predicted molar refractivity (Wildman–Crippen MR) is 51.6 cm³/mol. The number of nitrogens with zero attached hydrogens (tertiary/aromatic N) is 2. The average molecular weight is 197 g/mol. The Morgan fingerprint density at radius 2 is 2.42 bits per heavy atom. The first-order chi connectivity index (χ1) is 5.95. The highest BCUT2D eigenvalue weighted by Crippen LogP contribution is 2.11. The summed E-state index contributed by atoms with van der Waals surface area (Å²) in [5, 5.41) is 8.10. The van der Waals surface area contributed by atoms with E-state index in [0.29, 0.717) is 0 Å². The van der Waals surface area contributed by atoms with Crippen LogP contribution in [-0.2, 0) is 6.54 Å². The molecule has 0 aliphatic carbocycles. The van der Waals surface area contributed by atoms with Gasteiger partial charge in [-0.1, -0.05) is 0 Å². The summed E-state index contributed by atoms with van der Waals surface area (Å²) in [6, 6.07) is 0. The quantitative estimate of drug-likeness (QED) is 0.819. The van der Waals surface area contributed by atoms with Crippen LogP contribution in [-0.4, -0.2) is 9.97 Å². The van der Waals surface area contributed by atoms with Crippen molar-refractivity contribution in [2.24, 2.45) is 0 Å². The summed E-state index contributed by atoms with van der Waals surface area (Å²) in [7, 11) is 0. The number of hydrogen-bond donors (Lipinski definition) is 1. The largest absolute Gasteiger partial charge is 0.356 e. The summed E-state index contributed by atoms with van der Waals surface area (Å²) in [4.78, 5) is 8.25. The Hall–Kier alpha value is -0.940. The first-order valence-corrected chi connectivity index (χ1v) is 5.28. The summed E-state index contributed by atoms with van der Waals surface area (Å²) in [6.45, 7) is 0.761. The van der Waals surface area contributed by atoms with Crippen molar-refractivity contribution in [3.8, 4) is 0 Å². The molecule has 2 heterocycles. The summed E-state index contributed by atoms with van der Waals surface area (Å²) >= 11 is 3.21. The van der Waals surface area contributed by atoms with Gasteiger partial charge in [-0.15, -0.1) is 22.7 Å². The van der Waals surface area contributed by atoms with Gasteiger partial charge in [-0.2, -0.15) is 0 Å². The van der Waals surface area contributed by atoms with Crippen LogP contribution in [0.15, 0.2) is 22.5 Å². The highest BCUT2D eigenvalue weighted by atomic mass is 32.1. The zero-order chi connectivity index (χ0) is 8.23. The Labute approximate surface area is 78.1 Å². The number of aromatic nitrogens is 2. The number of anilines is 1. The molecule has 2 aromatic rings. The Bertz CT molecular complexity index is 280. The molecule has 0 saturated heterocycles. The molecule has 0 spiro atoms. The minimum absolute atomic E-state index is 0.761. The normalized spacial score (nSPS) is 10.0. The fourth-order valence-electron chi connectivity index (χ4n) is 0.802. The Balaban J connectivity index is 1.91. The highest BCUT2D eigenvalue weighted by Gasteiger charge is 1.95. The van der Waals surface area contributed by atoms with Crippen LogP contribution in [0.2, 0.25) is 0 Å². The van der Waals surface area contributed by atoms with E-state index in [1.54, 1.807) is 28.9 Å². The molecule has 1 N–H and O–H groups in total. The lowest BCUT2D eigenvalue weighted by Gasteiger charge is -1.97. The summed E-state index contributed by atoms with van der Waals surface area (Å²) in [6.07, 6.45) is 1.79. The molecule has 0 aromatic carbocycles. The molecular weight excluding hydrogens is 190 g/mol. The van der Waals surface area contributed by atoms with E-state index in [-0.39, 0.29) is 0 Å². The second kappa shape index (κ2) is 3.64. The maximum atomic E-state index is 4.15. The SMILES string of the molecule is c1csc(NCc2cscn2)n1. The van der Waals surface area contributed by atoms with Crippen molar-refractivity contribution in [1.29, 1.82) is 0 Å². The molecule has 0 fully saturated rings. The minimum Gasteiger partial charge on any atom is -0.356 e. The average Bonchev–Trinajstić information content (AvgIpc) is 2.74. The molecule has 2 rings (SSSR count). The zero-order valence-electron chi connectivity index (χ0n) is 6.23. The molecule has 0 bridgehead atoms.